The number of ether oxygens (including phenoxy) is 1. The van der Waals surface area contributed by atoms with Gasteiger partial charge in [-0.05, 0) is 25.5 Å². The summed E-state index contributed by atoms with van der Waals surface area (Å²) in [6, 6.07) is 8.03. The maximum atomic E-state index is 9.92. The molecule has 0 heterocycles. The third kappa shape index (κ3) is 3.51. The van der Waals surface area contributed by atoms with Gasteiger partial charge in [-0.25, -0.2) is 0 Å². The molecule has 0 saturated heterocycles. The Balaban J connectivity index is 1.68. The van der Waals surface area contributed by atoms with Crippen LogP contribution in [0.15, 0.2) is 24.3 Å². The first-order valence-corrected chi connectivity index (χ1v) is 7.18. The van der Waals surface area contributed by atoms with Gasteiger partial charge in [0.1, 0.15) is 18.5 Å². The summed E-state index contributed by atoms with van der Waals surface area (Å²) in [5, 5.41) is 22.9. The number of rotatable bonds is 6. The van der Waals surface area contributed by atoms with Crippen LogP contribution in [0.25, 0.3) is 0 Å². The number of nitrogens with one attached hydrogen (secondary N) is 1. The Labute approximate surface area is 120 Å². The first-order chi connectivity index (χ1) is 9.39. The third-order valence-corrected chi connectivity index (χ3v) is 4.28. The molecule has 2 rings (SSSR count). The van der Waals surface area contributed by atoms with Crippen LogP contribution < -0.4 is 10.1 Å². The van der Waals surface area contributed by atoms with Gasteiger partial charge < -0.3 is 20.3 Å². The monoisotopic (exact) mass is 279 g/mol. The summed E-state index contributed by atoms with van der Waals surface area (Å²) in [5.41, 5.74) is 1.07. The molecule has 0 bridgehead atoms. The first-order valence-electron chi connectivity index (χ1n) is 7.18. The lowest BCUT2D eigenvalue weighted by Crippen LogP contribution is -2.61. The van der Waals surface area contributed by atoms with Gasteiger partial charge >= 0.3 is 0 Å². The molecule has 1 fully saturated rings. The molecular formula is C16H25NO3. The van der Waals surface area contributed by atoms with Crippen LogP contribution in [0.4, 0.5) is 0 Å². The van der Waals surface area contributed by atoms with Crippen LogP contribution in [0.2, 0.25) is 0 Å². The Hall–Kier alpha value is -1.10. The molecule has 4 nitrogen and oxygen atoms in total. The molecule has 0 aromatic heterocycles. The lowest BCUT2D eigenvalue weighted by Gasteiger charge is -2.49. The van der Waals surface area contributed by atoms with E-state index in [4.69, 9.17) is 4.74 Å². The summed E-state index contributed by atoms with van der Waals surface area (Å²) in [6.07, 6.45) is -0.0516. The fraction of sp³-hybridized carbons (Fsp3) is 0.625. The largest absolute Gasteiger partial charge is 0.491 e. The van der Waals surface area contributed by atoms with E-state index in [1.165, 1.54) is 5.56 Å². The van der Waals surface area contributed by atoms with Crippen molar-refractivity contribution in [3.05, 3.63) is 29.8 Å². The normalized spacial score (nSPS) is 25.9. The van der Waals surface area contributed by atoms with Crippen molar-refractivity contribution < 1.29 is 14.9 Å². The zero-order chi connectivity index (χ0) is 14.8. The standard InChI is InChI=1S/C16H25NO3/c1-11-4-6-13(7-5-11)20-10-12(18)9-17-14-8-15(19)16(14,2)3/h4-7,12,14-15,17-19H,8-10H2,1-3H3. The fourth-order valence-corrected chi connectivity index (χ4v) is 2.41. The molecule has 4 heteroatoms. The highest BCUT2D eigenvalue weighted by atomic mass is 16.5. The lowest BCUT2D eigenvalue weighted by molar-refractivity contribution is -0.0755. The number of hydrogen-bond donors (Lipinski definition) is 3. The fourth-order valence-electron chi connectivity index (χ4n) is 2.41. The van der Waals surface area contributed by atoms with Gasteiger partial charge in [0.2, 0.25) is 0 Å². The van der Waals surface area contributed by atoms with Crippen molar-refractivity contribution >= 4 is 0 Å². The van der Waals surface area contributed by atoms with E-state index in [2.05, 4.69) is 5.32 Å². The molecule has 1 aromatic rings. The third-order valence-electron chi connectivity index (χ3n) is 4.28. The van der Waals surface area contributed by atoms with E-state index in [9.17, 15) is 10.2 Å². The zero-order valence-corrected chi connectivity index (χ0v) is 12.5. The average Bonchev–Trinajstić information content (AvgIpc) is 2.42. The predicted molar refractivity (Wildman–Crippen MR) is 78.9 cm³/mol. The molecule has 112 valence electrons. The number of hydrogen-bond acceptors (Lipinski definition) is 4. The number of aliphatic hydroxyl groups excluding tert-OH is 2. The summed E-state index contributed by atoms with van der Waals surface area (Å²) in [7, 11) is 0. The van der Waals surface area contributed by atoms with E-state index >= 15 is 0 Å². The highest BCUT2D eigenvalue weighted by Gasteiger charge is 2.46. The molecule has 1 aromatic carbocycles. The Bertz CT molecular complexity index is 430. The predicted octanol–water partition coefficient (Wildman–Crippen LogP) is 1.48. The zero-order valence-electron chi connectivity index (χ0n) is 12.5. The number of aliphatic hydroxyl groups is 2. The van der Waals surface area contributed by atoms with Crippen molar-refractivity contribution in [1.29, 1.82) is 0 Å². The van der Waals surface area contributed by atoms with Gasteiger partial charge in [-0.2, -0.15) is 0 Å². The summed E-state index contributed by atoms with van der Waals surface area (Å²) in [6.45, 7) is 6.85. The summed E-state index contributed by atoms with van der Waals surface area (Å²) >= 11 is 0. The van der Waals surface area contributed by atoms with E-state index in [0.29, 0.717) is 6.54 Å². The second kappa shape index (κ2) is 6.12. The highest BCUT2D eigenvalue weighted by Crippen LogP contribution is 2.40. The van der Waals surface area contributed by atoms with Gasteiger partial charge in [0, 0.05) is 18.0 Å². The first kappa shape index (κ1) is 15.3. The van der Waals surface area contributed by atoms with Crippen LogP contribution in [0.1, 0.15) is 25.8 Å². The van der Waals surface area contributed by atoms with Crippen LogP contribution in [-0.2, 0) is 0 Å². The van der Waals surface area contributed by atoms with Gasteiger partial charge in [0.05, 0.1) is 6.10 Å². The lowest BCUT2D eigenvalue weighted by atomic mass is 9.64. The Morgan fingerprint density at radius 1 is 1.35 bits per heavy atom. The topological polar surface area (TPSA) is 61.7 Å². The quantitative estimate of drug-likeness (QED) is 0.738. The Morgan fingerprint density at radius 3 is 2.55 bits per heavy atom. The number of aryl methyl sites for hydroxylation is 1. The van der Waals surface area contributed by atoms with E-state index in [1.807, 2.05) is 45.0 Å². The van der Waals surface area contributed by atoms with Gasteiger partial charge in [0.15, 0.2) is 0 Å². The second-order valence-electron chi connectivity index (χ2n) is 6.31. The van der Waals surface area contributed by atoms with Crippen LogP contribution in [0.3, 0.4) is 0 Å². The molecule has 3 N–H and O–H groups in total. The Morgan fingerprint density at radius 2 is 2.00 bits per heavy atom. The van der Waals surface area contributed by atoms with E-state index in [-0.39, 0.29) is 24.2 Å². The maximum absolute atomic E-state index is 9.92. The van der Waals surface area contributed by atoms with Crippen molar-refractivity contribution in [3.63, 3.8) is 0 Å². The molecule has 3 atom stereocenters. The summed E-state index contributed by atoms with van der Waals surface area (Å²) in [5.74, 6) is 0.772. The van der Waals surface area contributed by atoms with Gasteiger partial charge in [0.25, 0.3) is 0 Å². The molecule has 1 aliphatic rings. The van der Waals surface area contributed by atoms with Gasteiger partial charge in [-0.3, -0.25) is 0 Å². The van der Waals surface area contributed by atoms with E-state index in [1.54, 1.807) is 0 Å². The molecule has 0 aliphatic heterocycles. The second-order valence-corrected chi connectivity index (χ2v) is 6.31. The van der Waals surface area contributed by atoms with Crippen LogP contribution in [-0.4, -0.2) is 41.6 Å². The SMILES string of the molecule is Cc1ccc(OCC(O)CNC2CC(O)C2(C)C)cc1. The van der Waals surface area contributed by atoms with E-state index in [0.717, 1.165) is 12.2 Å². The molecule has 0 radical (unpaired) electrons. The maximum Gasteiger partial charge on any atom is 0.119 e. The minimum atomic E-state index is -0.551. The van der Waals surface area contributed by atoms with Gasteiger partial charge in [-0.15, -0.1) is 0 Å². The minimum Gasteiger partial charge on any atom is -0.491 e. The highest BCUT2D eigenvalue weighted by molar-refractivity contribution is 5.26. The number of benzene rings is 1. The van der Waals surface area contributed by atoms with Crippen molar-refractivity contribution in [2.24, 2.45) is 5.41 Å². The van der Waals surface area contributed by atoms with E-state index < -0.39 is 6.10 Å². The van der Waals surface area contributed by atoms with Gasteiger partial charge in [-0.1, -0.05) is 31.5 Å². The summed E-state index contributed by atoms with van der Waals surface area (Å²) in [4.78, 5) is 0. The smallest absolute Gasteiger partial charge is 0.119 e. The Kier molecular flexibility index (Phi) is 4.68. The molecule has 0 spiro atoms. The van der Waals surface area contributed by atoms with Crippen molar-refractivity contribution in [2.75, 3.05) is 13.2 Å². The summed E-state index contributed by atoms with van der Waals surface area (Å²) < 4.78 is 5.54. The van der Waals surface area contributed by atoms with Crippen molar-refractivity contribution in [1.82, 2.24) is 5.32 Å². The molecule has 0 amide bonds. The molecule has 3 unspecified atom stereocenters. The molecule has 1 aliphatic carbocycles. The van der Waals surface area contributed by atoms with Crippen LogP contribution in [0.5, 0.6) is 5.75 Å². The molecular weight excluding hydrogens is 254 g/mol. The van der Waals surface area contributed by atoms with Crippen molar-refractivity contribution in [2.45, 2.75) is 45.4 Å². The molecule has 20 heavy (non-hydrogen) atoms. The van der Waals surface area contributed by atoms with Crippen molar-refractivity contribution in [3.8, 4) is 5.75 Å². The average molecular weight is 279 g/mol. The molecule has 1 saturated carbocycles. The van der Waals surface area contributed by atoms with Crippen LogP contribution in [0, 0.1) is 12.3 Å². The van der Waals surface area contributed by atoms with Crippen LogP contribution >= 0.6 is 0 Å². The minimum absolute atomic E-state index is 0.114.